The number of hydrogen-bond donors (Lipinski definition) is 2. The Morgan fingerprint density at radius 3 is 2.45 bits per heavy atom. The molecule has 9 nitrogen and oxygen atoms in total. The minimum Gasteiger partial charge on any atom is -0.507 e. The molecule has 0 radical (unpaired) electrons. The smallest absolute Gasteiger partial charge is 0.273 e. The number of non-ortho nitro benzene ring substituents is 1. The number of nitro benzene ring substituents is 1. The van der Waals surface area contributed by atoms with Gasteiger partial charge in [-0.15, -0.1) is 0 Å². The van der Waals surface area contributed by atoms with Crippen molar-refractivity contribution in [3.05, 3.63) is 77.3 Å². The molecule has 2 aromatic heterocycles. The van der Waals surface area contributed by atoms with Crippen molar-refractivity contribution >= 4 is 17.5 Å². The van der Waals surface area contributed by atoms with Gasteiger partial charge in [-0.3, -0.25) is 25.2 Å². The molecular weight excluding hydrogens is 400 g/mol. The maximum atomic E-state index is 11.5. The van der Waals surface area contributed by atoms with Gasteiger partial charge in [-0.05, 0) is 23.8 Å². The number of anilines is 1. The highest BCUT2D eigenvalue weighted by Crippen LogP contribution is 2.41. The van der Waals surface area contributed by atoms with Crippen LogP contribution in [0, 0.1) is 10.1 Å². The first-order valence-corrected chi connectivity index (χ1v) is 9.19. The zero-order valence-corrected chi connectivity index (χ0v) is 16.3. The normalized spacial score (nSPS) is 10.6. The molecular formula is C22H16N4O5. The number of phenols is 1. The van der Waals surface area contributed by atoms with Crippen LogP contribution in [-0.4, -0.2) is 25.9 Å². The molecule has 0 unspecified atom stereocenters. The third kappa shape index (κ3) is 3.84. The van der Waals surface area contributed by atoms with Crippen LogP contribution in [0.5, 0.6) is 5.75 Å². The van der Waals surface area contributed by atoms with Gasteiger partial charge in [0.25, 0.3) is 5.69 Å². The Labute approximate surface area is 176 Å². The van der Waals surface area contributed by atoms with E-state index < -0.39 is 4.92 Å². The largest absolute Gasteiger partial charge is 0.507 e. The van der Waals surface area contributed by atoms with Crippen molar-refractivity contribution in [3.63, 3.8) is 0 Å². The Morgan fingerprint density at radius 2 is 1.74 bits per heavy atom. The maximum Gasteiger partial charge on any atom is 0.273 e. The summed E-state index contributed by atoms with van der Waals surface area (Å²) in [6, 6.07) is 14.7. The lowest BCUT2D eigenvalue weighted by Gasteiger charge is -2.13. The number of aromatic hydroxyl groups is 1. The minimum atomic E-state index is -0.569. The highest BCUT2D eigenvalue weighted by Gasteiger charge is 2.20. The van der Waals surface area contributed by atoms with Gasteiger partial charge in [0.15, 0.2) is 6.39 Å². The maximum absolute atomic E-state index is 11.5. The summed E-state index contributed by atoms with van der Waals surface area (Å²) in [7, 11) is 0. The van der Waals surface area contributed by atoms with E-state index in [-0.39, 0.29) is 23.2 Å². The summed E-state index contributed by atoms with van der Waals surface area (Å²) in [6.07, 6.45) is 2.84. The number of carbonyl (C=O) groups is 1. The molecule has 0 bridgehead atoms. The number of nitrogens with one attached hydrogen (secondary N) is 1. The molecule has 0 saturated heterocycles. The number of benzene rings is 2. The predicted octanol–water partition coefficient (Wildman–Crippen LogP) is 4.64. The summed E-state index contributed by atoms with van der Waals surface area (Å²) in [6.45, 7) is 1.36. The average Bonchev–Trinajstić information content (AvgIpc) is 3.21. The molecule has 0 aliphatic carbocycles. The molecule has 2 aromatic carbocycles. The number of nitro groups is 1. The third-order valence-corrected chi connectivity index (χ3v) is 4.58. The van der Waals surface area contributed by atoms with E-state index in [1.165, 1.54) is 25.5 Å². The number of rotatable bonds is 5. The van der Waals surface area contributed by atoms with Crippen molar-refractivity contribution in [1.29, 1.82) is 0 Å². The van der Waals surface area contributed by atoms with Gasteiger partial charge < -0.3 is 9.52 Å². The van der Waals surface area contributed by atoms with Crippen LogP contribution >= 0.6 is 0 Å². The second kappa shape index (κ2) is 8.07. The summed E-state index contributed by atoms with van der Waals surface area (Å²) >= 11 is 0. The van der Waals surface area contributed by atoms with Crippen LogP contribution in [-0.2, 0) is 4.79 Å². The summed E-state index contributed by atoms with van der Waals surface area (Å²) in [5.41, 5.74) is 3.05. The second-order valence-electron chi connectivity index (χ2n) is 6.61. The summed E-state index contributed by atoms with van der Waals surface area (Å²) in [5.74, 6) is -0.337. The van der Waals surface area contributed by atoms with Crippen molar-refractivity contribution < 1.29 is 19.2 Å². The number of pyridine rings is 1. The van der Waals surface area contributed by atoms with E-state index >= 15 is 0 Å². The molecule has 0 atom stereocenters. The predicted molar refractivity (Wildman–Crippen MR) is 113 cm³/mol. The molecule has 0 saturated carbocycles. The molecule has 0 aliphatic rings. The van der Waals surface area contributed by atoms with E-state index in [0.29, 0.717) is 33.6 Å². The van der Waals surface area contributed by atoms with Crippen molar-refractivity contribution in [1.82, 2.24) is 9.97 Å². The number of nitrogens with zero attached hydrogens (tertiary/aromatic N) is 3. The van der Waals surface area contributed by atoms with Gasteiger partial charge in [-0.25, -0.2) is 4.98 Å². The van der Waals surface area contributed by atoms with Gasteiger partial charge in [0.1, 0.15) is 11.4 Å². The molecule has 0 fully saturated rings. The Hall–Kier alpha value is -4.53. The van der Waals surface area contributed by atoms with Crippen LogP contribution in [0.25, 0.3) is 33.6 Å². The topological polar surface area (TPSA) is 131 Å². The lowest BCUT2D eigenvalue weighted by atomic mass is 9.93. The zero-order valence-electron chi connectivity index (χ0n) is 16.3. The lowest BCUT2D eigenvalue weighted by Crippen LogP contribution is -2.06. The number of aromatic nitrogens is 2. The Morgan fingerprint density at radius 1 is 1.00 bits per heavy atom. The Bertz CT molecular complexity index is 1300. The van der Waals surface area contributed by atoms with Crippen molar-refractivity contribution in [2.24, 2.45) is 0 Å². The monoisotopic (exact) mass is 416 g/mol. The molecule has 1 amide bonds. The summed E-state index contributed by atoms with van der Waals surface area (Å²) in [4.78, 5) is 30.7. The quantitative estimate of drug-likeness (QED) is 0.358. The van der Waals surface area contributed by atoms with Gasteiger partial charge >= 0.3 is 0 Å². The SMILES string of the molecule is CC(=O)Nc1ocnc1-c1cccnc1-c1ccccc1-c1ccc([N+](=O)[O-])cc1O. The average molecular weight is 416 g/mol. The molecule has 4 rings (SSSR count). The fourth-order valence-electron chi connectivity index (χ4n) is 3.28. The van der Waals surface area contributed by atoms with Gasteiger partial charge in [-0.1, -0.05) is 24.3 Å². The van der Waals surface area contributed by atoms with Crippen LogP contribution in [0.2, 0.25) is 0 Å². The first-order chi connectivity index (χ1) is 15.0. The first-order valence-electron chi connectivity index (χ1n) is 9.19. The van der Waals surface area contributed by atoms with Crippen LogP contribution in [0.15, 0.2) is 71.6 Å². The van der Waals surface area contributed by atoms with Crippen molar-refractivity contribution in [2.75, 3.05) is 5.32 Å². The Kier molecular flexibility index (Phi) is 5.15. The molecule has 2 heterocycles. The van der Waals surface area contributed by atoms with Crippen molar-refractivity contribution in [2.45, 2.75) is 6.92 Å². The molecule has 2 N–H and O–H groups in total. The van der Waals surface area contributed by atoms with E-state index in [4.69, 9.17) is 4.42 Å². The molecule has 0 aliphatic heterocycles. The fraction of sp³-hybridized carbons (Fsp3) is 0.0455. The minimum absolute atomic E-state index is 0.192. The number of oxazole rings is 1. The number of hydrogen-bond acceptors (Lipinski definition) is 7. The highest BCUT2D eigenvalue weighted by atomic mass is 16.6. The van der Waals surface area contributed by atoms with E-state index in [1.807, 2.05) is 12.1 Å². The van der Waals surface area contributed by atoms with Crippen LogP contribution in [0.3, 0.4) is 0 Å². The number of amides is 1. The van der Waals surface area contributed by atoms with Gasteiger partial charge in [0, 0.05) is 35.9 Å². The summed E-state index contributed by atoms with van der Waals surface area (Å²) < 4.78 is 5.32. The zero-order chi connectivity index (χ0) is 22.0. The van der Waals surface area contributed by atoms with Crippen LogP contribution in [0.1, 0.15) is 6.92 Å². The van der Waals surface area contributed by atoms with E-state index in [0.717, 1.165) is 6.07 Å². The van der Waals surface area contributed by atoms with Crippen molar-refractivity contribution in [3.8, 4) is 39.4 Å². The van der Waals surface area contributed by atoms with E-state index in [1.54, 1.807) is 30.5 Å². The highest BCUT2D eigenvalue weighted by molar-refractivity contribution is 5.95. The second-order valence-corrected chi connectivity index (χ2v) is 6.61. The van der Waals surface area contributed by atoms with E-state index in [9.17, 15) is 20.0 Å². The molecule has 0 spiro atoms. The molecule has 4 aromatic rings. The van der Waals surface area contributed by atoms with Crippen LogP contribution < -0.4 is 5.32 Å². The number of carbonyl (C=O) groups excluding carboxylic acids is 1. The van der Waals surface area contributed by atoms with E-state index in [2.05, 4.69) is 15.3 Å². The fourth-order valence-corrected chi connectivity index (χ4v) is 3.28. The molecule has 9 heteroatoms. The number of phenolic OH excluding ortho intramolecular Hbond substituents is 1. The summed E-state index contributed by atoms with van der Waals surface area (Å²) in [5, 5.41) is 24.1. The van der Waals surface area contributed by atoms with Crippen LogP contribution in [0.4, 0.5) is 11.6 Å². The lowest BCUT2D eigenvalue weighted by molar-refractivity contribution is -0.384. The van der Waals surface area contributed by atoms with Gasteiger partial charge in [-0.2, -0.15) is 0 Å². The molecule has 154 valence electrons. The van der Waals surface area contributed by atoms with Gasteiger partial charge in [0.2, 0.25) is 11.8 Å². The standard InChI is InChI=1S/C22H16N4O5/c1-13(27)25-22-21(24-12-31-22)18-7-4-10-23-20(18)17-6-3-2-5-15(17)16-9-8-14(26(29)30)11-19(16)28/h2-12,28H,1H3,(H,25,27). The van der Waals surface area contributed by atoms with Gasteiger partial charge in [0.05, 0.1) is 16.7 Å². The Balaban J connectivity index is 1.89. The first kappa shape index (κ1) is 19.8. The molecule has 31 heavy (non-hydrogen) atoms. The third-order valence-electron chi connectivity index (χ3n) is 4.58.